The molecule has 1 saturated carbocycles. The van der Waals surface area contributed by atoms with Crippen LogP contribution in [0.15, 0.2) is 54.9 Å². The molecule has 0 spiro atoms. The molecule has 6 nitrogen and oxygen atoms in total. The predicted molar refractivity (Wildman–Crippen MR) is 97.9 cm³/mol. The van der Waals surface area contributed by atoms with Crippen LogP contribution in [0.3, 0.4) is 0 Å². The summed E-state index contributed by atoms with van der Waals surface area (Å²) in [6.07, 6.45) is 3.84. The zero-order valence-electron chi connectivity index (χ0n) is 14.8. The van der Waals surface area contributed by atoms with Gasteiger partial charge in [0.15, 0.2) is 5.82 Å². The first-order chi connectivity index (χ1) is 13.0. The summed E-state index contributed by atoms with van der Waals surface area (Å²) in [7, 11) is 0. The number of aliphatic hydroxyl groups excluding tert-OH is 1. The number of nitrogens with one attached hydrogen (secondary N) is 1. The predicted octanol–water partition coefficient (Wildman–Crippen LogP) is 3.13. The van der Waals surface area contributed by atoms with Gasteiger partial charge in [0.1, 0.15) is 5.82 Å². The molecule has 1 unspecified atom stereocenters. The van der Waals surface area contributed by atoms with E-state index in [1.807, 2.05) is 0 Å². The van der Waals surface area contributed by atoms with E-state index in [1.165, 1.54) is 6.07 Å². The molecule has 1 aliphatic rings. The van der Waals surface area contributed by atoms with Gasteiger partial charge in [-0.2, -0.15) is 5.10 Å². The summed E-state index contributed by atoms with van der Waals surface area (Å²) in [4.78, 5) is 16.9. The second-order valence-corrected chi connectivity index (χ2v) is 6.78. The highest BCUT2D eigenvalue weighted by Crippen LogP contribution is 2.49. The standard InChI is InChI=1S/C20H19FN4O2/c1-13(26)17-12-14(6-10-22-17)25-11-7-18(24-25)23-19(27)20(8-9-20)15-4-2-3-5-16(15)21/h2-7,10-13,26H,8-9H2,1H3,(H,23,24,27). The summed E-state index contributed by atoms with van der Waals surface area (Å²) in [5, 5.41) is 16.8. The molecule has 1 amide bonds. The highest BCUT2D eigenvalue weighted by atomic mass is 19.1. The lowest BCUT2D eigenvalue weighted by Gasteiger charge is -2.15. The first-order valence-electron chi connectivity index (χ1n) is 8.76. The molecule has 1 aliphatic carbocycles. The minimum atomic E-state index is -0.814. The average molecular weight is 366 g/mol. The van der Waals surface area contributed by atoms with Gasteiger partial charge in [-0.15, -0.1) is 0 Å². The van der Waals surface area contributed by atoms with Crippen LogP contribution < -0.4 is 5.32 Å². The molecule has 2 heterocycles. The number of anilines is 1. The first kappa shape index (κ1) is 17.4. The van der Waals surface area contributed by atoms with Gasteiger partial charge in [0.25, 0.3) is 0 Å². The molecular formula is C20H19FN4O2. The van der Waals surface area contributed by atoms with Crippen LogP contribution in [0, 0.1) is 5.82 Å². The number of hydrogen-bond acceptors (Lipinski definition) is 4. The van der Waals surface area contributed by atoms with Crippen molar-refractivity contribution in [3.05, 3.63) is 71.9 Å². The number of pyridine rings is 1. The highest BCUT2D eigenvalue weighted by Gasteiger charge is 2.52. The van der Waals surface area contributed by atoms with E-state index in [0.717, 1.165) is 5.69 Å². The molecule has 2 aromatic heterocycles. The van der Waals surface area contributed by atoms with Crippen molar-refractivity contribution in [1.82, 2.24) is 14.8 Å². The van der Waals surface area contributed by atoms with Gasteiger partial charge < -0.3 is 10.4 Å². The number of carbonyl (C=O) groups excluding carboxylic acids is 1. The monoisotopic (exact) mass is 366 g/mol. The fraction of sp³-hybridized carbons (Fsp3) is 0.250. The Morgan fingerprint density at radius 3 is 2.78 bits per heavy atom. The Bertz CT molecular complexity index is 995. The maximum Gasteiger partial charge on any atom is 0.236 e. The molecule has 4 rings (SSSR count). The molecule has 1 aromatic carbocycles. The Morgan fingerprint density at radius 2 is 2.07 bits per heavy atom. The van der Waals surface area contributed by atoms with Gasteiger partial charge in [-0.25, -0.2) is 9.07 Å². The van der Waals surface area contributed by atoms with E-state index in [1.54, 1.807) is 60.4 Å². The zero-order chi connectivity index (χ0) is 19.0. The molecule has 2 N–H and O–H groups in total. The lowest BCUT2D eigenvalue weighted by Crippen LogP contribution is -2.29. The highest BCUT2D eigenvalue weighted by molar-refractivity contribution is 6.00. The van der Waals surface area contributed by atoms with Crippen LogP contribution in [0.4, 0.5) is 10.2 Å². The largest absolute Gasteiger partial charge is 0.387 e. The fourth-order valence-electron chi connectivity index (χ4n) is 3.17. The molecule has 7 heteroatoms. The number of hydrogen-bond donors (Lipinski definition) is 2. The summed E-state index contributed by atoms with van der Waals surface area (Å²) >= 11 is 0. The Balaban J connectivity index is 1.54. The van der Waals surface area contributed by atoms with Crippen LogP contribution in [-0.2, 0) is 10.2 Å². The van der Waals surface area contributed by atoms with Crippen LogP contribution >= 0.6 is 0 Å². The van der Waals surface area contributed by atoms with Crippen LogP contribution in [0.25, 0.3) is 5.69 Å². The molecular weight excluding hydrogens is 347 g/mol. The van der Waals surface area contributed by atoms with Crippen LogP contribution in [0.2, 0.25) is 0 Å². The van der Waals surface area contributed by atoms with E-state index in [2.05, 4.69) is 15.4 Å². The van der Waals surface area contributed by atoms with Gasteiger partial charge in [-0.05, 0) is 38.0 Å². The van der Waals surface area contributed by atoms with Crippen molar-refractivity contribution >= 4 is 11.7 Å². The minimum absolute atomic E-state index is 0.253. The topological polar surface area (TPSA) is 80.0 Å². The van der Waals surface area contributed by atoms with E-state index in [0.29, 0.717) is 29.9 Å². The second-order valence-electron chi connectivity index (χ2n) is 6.78. The van der Waals surface area contributed by atoms with Crippen LogP contribution in [0.1, 0.15) is 37.1 Å². The molecule has 27 heavy (non-hydrogen) atoms. The van der Waals surface area contributed by atoms with Crippen molar-refractivity contribution in [1.29, 1.82) is 0 Å². The van der Waals surface area contributed by atoms with Gasteiger partial charge in [0.2, 0.25) is 5.91 Å². The Morgan fingerprint density at radius 1 is 1.30 bits per heavy atom. The number of nitrogens with zero attached hydrogens (tertiary/aromatic N) is 3. The van der Waals surface area contributed by atoms with E-state index in [-0.39, 0.29) is 11.7 Å². The van der Waals surface area contributed by atoms with E-state index in [9.17, 15) is 14.3 Å². The number of halogens is 1. The number of benzene rings is 1. The number of aliphatic hydroxyl groups is 1. The summed E-state index contributed by atoms with van der Waals surface area (Å²) < 4.78 is 15.7. The molecule has 0 radical (unpaired) electrons. The molecule has 0 saturated heterocycles. The molecule has 138 valence electrons. The van der Waals surface area contributed by atoms with Crippen molar-refractivity contribution in [2.75, 3.05) is 5.32 Å². The van der Waals surface area contributed by atoms with Gasteiger partial charge in [0.05, 0.1) is 22.9 Å². The summed E-state index contributed by atoms with van der Waals surface area (Å²) in [5.41, 5.74) is 0.866. The van der Waals surface area contributed by atoms with E-state index < -0.39 is 11.5 Å². The summed E-state index contributed by atoms with van der Waals surface area (Å²) in [6.45, 7) is 1.64. The number of aromatic nitrogens is 3. The smallest absolute Gasteiger partial charge is 0.236 e. The quantitative estimate of drug-likeness (QED) is 0.727. The molecule has 1 fully saturated rings. The lowest BCUT2D eigenvalue weighted by molar-refractivity contribution is -0.118. The third-order valence-corrected chi connectivity index (χ3v) is 4.86. The first-order valence-corrected chi connectivity index (χ1v) is 8.76. The zero-order valence-corrected chi connectivity index (χ0v) is 14.8. The van der Waals surface area contributed by atoms with Crippen molar-refractivity contribution < 1.29 is 14.3 Å². The Hall–Kier alpha value is -3.06. The molecule has 0 aliphatic heterocycles. The maximum absolute atomic E-state index is 14.1. The van der Waals surface area contributed by atoms with Crippen molar-refractivity contribution in [2.45, 2.75) is 31.3 Å². The van der Waals surface area contributed by atoms with Crippen LogP contribution in [-0.4, -0.2) is 25.8 Å². The fourth-order valence-corrected chi connectivity index (χ4v) is 3.17. The average Bonchev–Trinajstić information content (AvgIpc) is 3.35. The van der Waals surface area contributed by atoms with Gasteiger partial charge >= 0.3 is 0 Å². The maximum atomic E-state index is 14.1. The number of amides is 1. The molecule has 0 bridgehead atoms. The SMILES string of the molecule is CC(O)c1cc(-n2ccc(NC(=O)C3(c4ccccc4F)CC3)n2)ccn1. The van der Waals surface area contributed by atoms with Gasteiger partial charge in [-0.1, -0.05) is 18.2 Å². The van der Waals surface area contributed by atoms with Gasteiger partial charge in [-0.3, -0.25) is 9.78 Å². The van der Waals surface area contributed by atoms with Crippen LogP contribution in [0.5, 0.6) is 0 Å². The van der Waals surface area contributed by atoms with Gasteiger partial charge in [0, 0.05) is 24.0 Å². The molecule has 3 aromatic rings. The normalized spacial score (nSPS) is 16.0. The summed E-state index contributed by atoms with van der Waals surface area (Å²) in [6, 6.07) is 11.6. The Kier molecular flexibility index (Phi) is 4.24. The molecule has 1 atom stereocenters. The third kappa shape index (κ3) is 3.21. The van der Waals surface area contributed by atoms with Crippen molar-refractivity contribution in [3.8, 4) is 5.69 Å². The van der Waals surface area contributed by atoms with Crippen molar-refractivity contribution in [3.63, 3.8) is 0 Å². The second kappa shape index (κ2) is 6.59. The lowest BCUT2D eigenvalue weighted by atomic mass is 9.94. The minimum Gasteiger partial charge on any atom is -0.387 e. The van der Waals surface area contributed by atoms with E-state index >= 15 is 0 Å². The summed E-state index contributed by atoms with van der Waals surface area (Å²) in [5.74, 6) is -0.228. The third-order valence-electron chi connectivity index (χ3n) is 4.86. The number of rotatable bonds is 5. The van der Waals surface area contributed by atoms with E-state index in [4.69, 9.17) is 0 Å². The van der Waals surface area contributed by atoms with Crippen molar-refractivity contribution in [2.24, 2.45) is 0 Å². The number of carbonyl (C=O) groups is 1. The Labute approximate surface area is 155 Å².